The molecule has 4 nitrogen and oxygen atoms in total. The first-order valence-corrected chi connectivity index (χ1v) is 6.71. The monoisotopic (exact) mass is 277 g/mol. The summed E-state index contributed by atoms with van der Waals surface area (Å²) >= 11 is 0. The molecular weight excluding hydrogens is 254 g/mol. The zero-order chi connectivity index (χ0) is 15.0. The Kier molecular flexibility index (Phi) is 6.37. The summed E-state index contributed by atoms with van der Waals surface area (Å²) in [5.74, 6) is 3.80. The molecule has 0 aliphatic carbocycles. The van der Waals surface area contributed by atoms with Gasteiger partial charge in [-0.3, -0.25) is 0 Å². The highest BCUT2D eigenvalue weighted by Crippen LogP contribution is 2.31. The number of aliphatic hydroxyl groups is 1. The van der Waals surface area contributed by atoms with Crippen LogP contribution in [-0.2, 0) is 6.54 Å². The Morgan fingerprint density at radius 2 is 2.10 bits per heavy atom. The van der Waals surface area contributed by atoms with E-state index in [2.05, 4.69) is 11.2 Å². The predicted octanol–water partition coefficient (Wildman–Crippen LogP) is 1.96. The molecule has 0 radical (unpaired) electrons. The Morgan fingerprint density at radius 3 is 2.70 bits per heavy atom. The van der Waals surface area contributed by atoms with E-state index in [0.29, 0.717) is 24.7 Å². The highest BCUT2D eigenvalue weighted by molar-refractivity contribution is 5.47. The first-order chi connectivity index (χ1) is 9.54. The maximum absolute atomic E-state index is 9.28. The quantitative estimate of drug-likeness (QED) is 0.713. The van der Waals surface area contributed by atoms with Gasteiger partial charge in [0.2, 0.25) is 0 Å². The number of aliphatic hydroxyl groups excluding tert-OH is 1. The number of nitrogens with one attached hydrogen (secondary N) is 1. The molecule has 0 saturated carbocycles. The minimum atomic E-state index is -0.356. The average molecular weight is 277 g/mol. The lowest BCUT2D eigenvalue weighted by Gasteiger charge is -2.24. The van der Waals surface area contributed by atoms with Crippen molar-refractivity contribution in [2.24, 2.45) is 0 Å². The number of ether oxygens (including phenoxy) is 2. The third-order valence-corrected chi connectivity index (χ3v) is 2.81. The van der Waals surface area contributed by atoms with Crippen LogP contribution in [-0.4, -0.2) is 30.5 Å². The van der Waals surface area contributed by atoms with Crippen LogP contribution in [0.15, 0.2) is 18.2 Å². The SMILES string of the molecule is C#CCOc1c(CNC(C)(C)CO)cccc1OCC. The van der Waals surface area contributed by atoms with E-state index in [1.54, 1.807) is 0 Å². The second-order valence-corrected chi connectivity index (χ2v) is 5.07. The van der Waals surface area contributed by atoms with E-state index in [-0.39, 0.29) is 18.8 Å². The lowest BCUT2D eigenvalue weighted by molar-refractivity contribution is 0.186. The minimum absolute atomic E-state index is 0.0543. The van der Waals surface area contributed by atoms with Gasteiger partial charge in [0.15, 0.2) is 11.5 Å². The fourth-order valence-corrected chi connectivity index (χ4v) is 1.64. The predicted molar refractivity (Wildman–Crippen MR) is 79.9 cm³/mol. The van der Waals surface area contributed by atoms with Gasteiger partial charge in [-0.05, 0) is 26.8 Å². The number of benzene rings is 1. The van der Waals surface area contributed by atoms with E-state index in [9.17, 15) is 5.11 Å². The molecule has 4 heteroatoms. The fraction of sp³-hybridized carbons (Fsp3) is 0.500. The normalized spacial score (nSPS) is 10.9. The molecule has 0 heterocycles. The van der Waals surface area contributed by atoms with E-state index in [0.717, 1.165) is 5.56 Å². The summed E-state index contributed by atoms with van der Waals surface area (Å²) in [6.45, 7) is 7.16. The average Bonchev–Trinajstić information content (AvgIpc) is 2.44. The molecule has 0 fully saturated rings. The van der Waals surface area contributed by atoms with Crippen molar-refractivity contribution in [2.75, 3.05) is 19.8 Å². The van der Waals surface area contributed by atoms with Crippen LogP contribution in [0, 0.1) is 12.3 Å². The summed E-state index contributed by atoms with van der Waals surface area (Å²) in [7, 11) is 0. The van der Waals surface area contributed by atoms with E-state index in [1.165, 1.54) is 0 Å². The number of rotatable bonds is 8. The van der Waals surface area contributed by atoms with E-state index in [4.69, 9.17) is 15.9 Å². The van der Waals surface area contributed by atoms with E-state index < -0.39 is 0 Å². The Bertz CT molecular complexity index is 463. The van der Waals surface area contributed by atoms with E-state index in [1.807, 2.05) is 39.0 Å². The lowest BCUT2D eigenvalue weighted by atomic mass is 10.1. The second kappa shape index (κ2) is 7.78. The van der Waals surface area contributed by atoms with Crippen LogP contribution in [0.4, 0.5) is 0 Å². The van der Waals surface area contributed by atoms with Gasteiger partial charge in [-0.15, -0.1) is 6.42 Å². The van der Waals surface area contributed by atoms with Crippen molar-refractivity contribution >= 4 is 0 Å². The largest absolute Gasteiger partial charge is 0.490 e. The molecule has 0 saturated heterocycles. The zero-order valence-electron chi connectivity index (χ0n) is 12.4. The molecule has 1 rings (SSSR count). The van der Waals surface area contributed by atoms with Gasteiger partial charge in [-0.2, -0.15) is 0 Å². The van der Waals surface area contributed by atoms with Crippen LogP contribution in [0.5, 0.6) is 11.5 Å². The maximum atomic E-state index is 9.28. The summed E-state index contributed by atoms with van der Waals surface area (Å²) in [6, 6.07) is 5.72. The van der Waals surface area contributed by atoms with Gasteiger partial charge >= 0.3 is 0 Å². The molecule has 0 amide bonds. The molecule has 20 heavy (non-hydrogen) atoms. The molecule has 0 aliphatic rings. The van der Waals surface area contributed by atoms with Crippen LogP contribution in [0.3, 0.4) is 0 Å². The molecule has 0 aliphatic heterocycles. The topological polar surface area (TPSA) is 50.7 Å². The molecule has 0 atom stereocenters. The van der Waals surface area contributed by atoms with Crippen LogP contribution >= 0.6 is 0 Å². The van der Waals surface area contributed by atoms with Gasteiger partial charge in [0.25, 0.3) is 0 Å². The van der Waals surface area contributed by atoms with Gasteiger partial charge in [-0.25, -0.2) is 0 Å². The molecule has 0 unspecified atom stereocenters. The van der Waals surface area contributed by atoms with Crippen molar-refractivity contribution in [3.63, 3.8) is 0 Å². The van der Waals surface area contributed by atoms with Crippen molar-refractivity contribution in [2.45, 2.75) is 32.9 Å². The molecule has 0 bridgehead atoms. The van der Waals surface area contributed by atoms with Crippen molar-refractivity contribution in [3.05, 3.63) is 23.8 Å². The first kappa shape index (κ1) is 16.4. The summed E-state index contributed by atoms with van der Waals surface area (Å²) in [6.07, 6.45) is 5.25. The second-order valence-electron chi connectivity index (χ2n) is 5.07. The molecule has 2 N–H and O–H groups in total. The fourth-order valence-electron chi connectivity index (χ4n) is 1.64. The van der Waals surface area contributed by atoms with Gasteiger partial charge < -0.3 is 19.9 Å². The van der Waals surface area contributed by atoms with Crippen molar-refractivity contribution in [1.29, 1.82) is 0 Å². The summed E-state index contributed by atoms with van der Waals surface area (Å²) < 4.78 is 11.2. The lowest BCUT2D eigenvalue weighted by Crippen LogP contribution is -2.42. The van der Waals surface area contributed by atoms with Crippen LogP contribution < -0.4 is 14.8 Å². The van der Waals surface area contributed by atoms with Gasteiger partial charge in [0.05, 0.1) is 13.2 Å². The standard InChI is InChI=1S/C16H23NO3/c1-5-10-20-15-13(11-17-16(3,4)12-18)8-7-9-14(15)19-6-2/h1,7-9,17-18H,6,10-12H2,2-4H3. The number of hydrogen-bond donors (Lipinski definition) is 2. The van der Waals surface area contributed by atoms with Crippen LogP contribution in [0.2, 0.25) is 0 Å². The molecule has 110 valence electrons. The third-order valence-electron chi connectivity index (χ3n) is 2.81. The van der Waals surface area contributed by atoms with Crippen molar-refractivity contribution in [3.8, 4) is 23.8 Å². The maximum Gasteiger partial charge on any atom is 0.167 e. The number of para-hydroxylation sites is 1. The minimum Gasteiger partial charge on any atom is -0.490 e. The molecule has 0 spiro atoms. The Balaban J connectivity index is 2.93. The smallest absolute Gasteiger partial charge is 0.167 e. The summed E-state index contributed by atoms with van der Waals surface area (Å²) in [4.78, 5) is 0. The molecule has 0 aromatic heterocycles. The third kappa shape index (κ3) is 4.76. The van der Waals surface area contributed by atoms with Crippen LogP contribution in [0.25, 0.3) is 0 Å². The van der Waals surface area contributed by atoms with Crippen LogP contribution in [0.1, 0.15) is 26.3 Å². The first-order valence-electron chi connectivity index (χ1n) is 6.71. The van der Waals surface area contributed by atoms with Gasteiger partial charge in [0, 0.05) is 17.6 Å². The van der Waals surface area contributed by atoms with E-state index >= 15 is 0 Å². The molecule has 1 aromatic carbocycles. The molecular formula is C16H23NO3. The molecule has 1 aromatic rings. The number of terminal acetylenes is 1. The Morgan fingerprint density at radius 1 is 1.35 bits per heavy atom. The summed E-state index contributed by atoms with van der Waals surface area (Å²) in [5, 5.41) is 12.6. The Labute approximate surface area is 121 Å². The summed E-state index contributed by atoms with van der Waals surface area (Å²) in [5.41, 5.74) is 0.595. The van der Waals surface area contributed by atoms with Crippen molar-refractivity contribution in [1.82, 2.24) is 5.32 Å². The van der Waals surface area contributed by atoms with Crippen molar-refractivity contribution < 1.29 is 14.6 Å². The van der Waals surface area contributed by atoms with Gasteiger partial charge in [-0.1, -0.05) is 18.1 Å². The Hall–Kier alpha value is -1.70. The highest BCUT2D eigenvalue weighted by atomic mass is 16.5. The number of hydrogen-bond acceptors (Lipinski definition) is 4. The van der Waals surface area contributed by atoms with Gasteiger partial charge in [0.1, 0.15) is 6.61 Å². The highest BCUT2D eigenvalue weighted by Gasteiger charge is 2.17. The zero-order valence-corrected chi connectivity index (χ0v) is 12.4.